The first-order valence-electron chi connectivity index (χ1n) is 5.36. The summed E-state index contributed by atoms with van der Waals surface area (Å²) in [6.45, 7) is 2.22. The molecule has 0 nitrogen and oxygen atoms in total. The Morgan fingerprint density at radius 1 is 1.00 bits per heavy atom. The second-order valence-electron chi connectivity index (χ2n) is 4.84. The predicted molar refractivity (Wildman–Crippen MR) is 55.4 cm³/mol. The van der Waals surface area contributed by atoms with E-state index in [0.29, 0.717) is 10.8 Å². The van der Waals surface area contributed by atoms with Crippen molar-refractivity contribution in [1.82, 2.24) is 0 Å². The smallest absolute Gasteiger partial charge is 0.0193 e. The van der Waals surface area contributed by atoms with Crippen LogP contribution in [-0.4, -0.2) is 0 Å². The van der Waals surface area contributed by atoms with Gasteiger partial charge in [0.05, 0.1) is 0 Å². The summed E-state index contributed by atoms with van der Waals surface area (Å²) in [6.07, 6.45) is 17.6. The zero-order chi connectivity index (χ0) is 8.94. The van der Waals surface area contributed by atoms with Crippen molar-refractivity contribution in [2.45, 2.75) is 32.6 Å². The van der Waals surface area contributed by atoms with Crippen LogP contribution in [-0.2, 0) is 0 Å². The Morgan fingerprint density at radius 2 is 1.69 bits per heavy atom. The molecule has 3 rings (SSSR count). The lowest BCUT2D eigenvalue weighted by Gasteiger charge is -2.56. The minimum Gasteiger partial charge on any atom is -0.0765 e. The molecule has 2 atom stereocenters. The van der Waals surface area contributed by atoms with Gasteiger partial charge in [0.2, 0.25) is 0 Å². The van der Waals surface area contributed by atoms with Crippen LogP contribution in [0.3, 0.4) is 0 Å². The third-order valence-corrected chi connectivity index (χ3v) is 4.10. The lowest BCUT2D eigenvalue weighted by Crippen LogP contribution is -2.46. The van der Waals surface area contributed by atoms with Gasteiger partial charge in [0.1, 0.15) is 0 Å². The molecule has 0 saturated heterocycles. The second-order valence-corrected chi connectivity index (χ2v) is 4.84. The van der Waals surface area contributed by atoms with Crippen molar-refractivity contribution >= 4 is 0 Å². The van der Waals surface area contributed by atoms with E-state index in [1.165, 1.54) is 31.3 Å². The second kappa shape index (κ2) is 2.17. The van der Waals surface area contributed by atoms with E-state index in [1.807, 2.05) is 0 Å². The molecule has 0 aromatic rings. The molecule has 0 amide bonds. The number of allylic oxidation sites excluding steroid dienone is 6. The molecular weight excluding hydrogens is 156 g/mol. The molecule has 0 spiro atoms. The van der Waals surface area contributed by atoms with Crippen molar-refractivity contribution < 1.29 is 0 Å². The molecule has 0 aliphatic heterocycles. The summed E-state index contributed by atoms with van der Waals surface area (Å²) in [5.74, 6) is 0. The maximum atomic E-state index is 2.49. The van der Waals surface area contributed by atoms with Crippen LogP contribution in [0.15, 0.2) is 36.0 Å². The van der Waals surface area contributed by atoms with Crippen LogP contribution >= 0.6 is 0 Å². The highest BCUT2D eigenvalue weighted by molar-refractivity contribution is 5.45. The fourth-order valence-electron chi connectivity index (χ4n) is 3.26. The number of hydrogen-bond acceptors (Lipinski definition) is 0. The van der Waals surface area contributed by atoms with Gasteiger partial charge in [-0.25, -0.2) is 0 Å². The molecule has 3 aliphatic rings. The highest BCUT2D eigenvalue weighted by Gasteiger charge is 2.53. The fraction of sp³-hybridized carbons (Fsp3) is 0.538. The van der Waals surface area contributed by atoms with Gasteiger partial charge in [-0.3, -0.25) is 0 Å². The standard InChI is InChI=1S/C13H16/c1-11-4-7-12-5-2-3-6-13(12,10-11)9-8-12/h4,7-10H,2-3,5-6H2,1H3/t12-,13-/m1/s1. The van der Waals surface area contributed by atoms with Gasteiger partial charge in [-0.2, -0.15) is 0 Å². The summed E-state index contributed by atoms with van der Waals surface area (Å²) in [7, 11) is 0. The Labute approximate surface area is 80.0 Å². The Hall–Kier alpha value is -0.780. The van der Waals surface area contributed by atoms with Gasteiger partial charge in [0.15, 0.2) is 0 Å². The van der Waals surface area contributed by atoms with Crippen LogP contribution in [0.25, 0.3) is 0 Å². The molecule has 1 fully saturated rings. The monoisotopic (exact) mass is 172 g/mol. The molecule has 1 saturated carbocycles. The maximum absolute atomic E-state index is 2.49. The highest BCUT2D eigenvalue weighted by atomic mass is 14.6. The van der Waals surface area contributed by atoms with E-state index < -0.39 is 0 Å². The summed E-state index contributed by atoms with van der Waals surface area (Å²) in [5.41, 5.74) is 2.32. The molecule has 3 aliphatic carbocycles. The Balaban J connectivity index is 2.11. The van der Waals surface area contributed by atoms with E-state index >= 15 is 0 Å². The zero-order valence-corrected chi connectivity index (χ0v) is 8.22. The van der Waals surface area contributed by atoms with Gasteiger partial charge in [-0.1, -0.05) is 48.8 Å². The van der Waals surface area contributed by atoms with Crippen molar-refractivity contribution in [3.63, 3.8) is 0 Å². The van der Waals surface area contributed by atoms with Crippen molar-refractivity contribution in [3.05, 3.63) is 36.0 Å². The molecule has 0 unspecified atom stereocenters. The van der Waals surface area contributed by atoms with E-state index in [9.17, 15) is 0 Å². The molecule has 68 valence electrons. The molecule has 0 radical (unpaired) electrons. The Bertz CT molecular complexity index is 332. The van der Waals surface area contributed by atoms with Crippen LogP contribution < -0.4 is 0 Å². The number of rotatable bonds is 0. The van der Waals surface area contributed by atoms with Gasteiger partial charge in [-0.15, -0.1) is 0 Å². The van der Waals surface area contributed by atoms with Crippen molar-refractivity contribution in [1.29, 1.82) is 0 Å². The summed E-state index contributed by atoms with van der Waals surface area (Å²) >= 11 is 0. The third-order valence-electron chi connectivity index (χ3n) is 4.10. The molecule has 13 heavy (non-hydrogen) atoms. The fourth-order valence-corrected chi connectivity index (χ4v) is 3.26. The molecule has 0 heteroatoms. The molecule has 0 N–H and O–H groups in total. The third kappa shape index (κ3) is 0.769. The topological polar surface area (TPSA) is 0 Å². The van der Waals surface area contributed by atoms with Crippen LogP contribution in [0.1, 0.15) is 32.6 Å². The first-order valence-corrected chi connectivity index (χ1v) is 5.36. The van der Waals surface area contributed by atoms with Crippen LogP contribution in [0.5, 0.6) is 0 Å². The van der Waals surface area contributed by atoms with E-state index in [1.54, 1.807) is 0 Å². The average molecular weight is 172 g/mol. The van der Waals surface area contributed by atoms with Gasteiger partial charge in [0, 0.05) is 10.8 Å². The SMILES string of the molecule is CC1=C[C@@]23C=C[C@]2(C=C1)CCCC3. The summed E-state index contributed by atoms with van der Waals surface area (Å²) in [6, 6.07) is 0. The largest absolute Gasteiger partial charge is 0.0765 e. The minimum atomic E-state index is 0.435. The molecule has 0 aromatic heterocycles. The van der Waals surface area contributed by atoms with Gasteiger partial charge in [0.25, 0.3) is 0 Å². The minimum absolute atomic E-state index is 0.435. The molecule has 0 heterocycles. The van der Waals surface area contributed by atoms with Gasteiger partial charge in [-0.05, 0) is 19.8 Å². The summed E-state index contributed by atoms with van der Waals surface area (Å²) in [4.78, 5) is 0. The quantitative estimate of drug-likeness (QED) is 0.489. The Morgan fingerprint density at radius 3 is 2.38 bits per heavy atom. The van der Waals surface area contributed by atoms with E-state index in [-0.39, 0.29) is 0 Å². The molecule has 0 bridgehead atoms. The Kier molecular flexibility index (Phi) is 1.27. The van der Waals surface area contributed by atoms with E-state index in [0.717, 1.165) is 0 Å². The van der Waals surface area contributed by atoms with Crippen molar-refractivity contribution in [3.8, 4) is 0 Å². The van der Waals surface area contributed by atoms with E-state index in [4.69, 9.17) is 0 Å². The maximum Gasteiger partial charge on any atom is 0.0193 e. The first kappa shape index (κ1) is 7.61. The van der Waals surface area contributed by atoms with Crippen LogP contribution in [0.4, 0.5) is 0 Å². The highest BCUT2D eigenvalue weighted by Crippen LogP contribution is 2.62. The molecular formula is C13H16. The van der Waals surface area contributed by atoms with Gasteiger partial charge >= 0.3 is 0 Å². The number of hydrogen-bond donors (Lipinski definition) is 0. The normalized spacial score (nSPS) is 46.1. The van der Waals surface area contributed by atoms with Gasteiger partial charge < -0.3 is 0 Å². The van der Waals surface area contributed by atoms with Crippen molar-refractivity contribution in [2.75, 3.05) is 0 Å². The van der Waals surface area contributed by atoms with E-state index in [2.05, 4.69) is 37.3 Å². The van der Waals surface area contributed by atoms with Crippen LogP contribution in [0, 0.1) is 10.8 Å². The lowest BCUT2D eigenvalue weighted by molar-refractivity contribution is 0.134. The predicted octanol–water partition coefficient (Wildman–Crippen LogP) is 3.62. The first-order chi connectivity index (χ1) is 6.27. The summed E-state index contributed by atoms with van der Waals surface area (Å²) in [5, 5.41) is 0. The average Bonchev–Trinajstić information content (AvgIpc) is 2.11. The van der Waals surface area contributed by atoms with Crippen molar-refractivity contribution in [2.24, 2.45) is 10.8 Å². The lowest BCUT2D eigenvalue weighted by atomic mass is 9.47. The molecule has 0 aromatic carbocycles. The van der Waals surface area contributed by atoms with Crippen LogP contribution in [0.2, 0.25) is 0 Å². The summed E-state index contributed by atoms with van der Waals surface area (Å²) < 4.78 is 0. The zero-order valence-electron chi connectivity index (χ0n) is 8.22.